The van der Waals surface area contributed by atoms with E-state index in [2.05, 4.69) is 20.8 Å². The van der Waals surface area contributed by atoms with Crippen LogP contribution < -0.4 is 10.7 Å². The molecule has 23 heavy (non-hydrogen) atoms. The standard InChI is InChI=1S/C17H16N4OS/c1-11-8-9-14-15(10-11)23-17(18-14)19-16(22)21-20-12(2)13-6-4-3-5-7-13/h3-10H,1-2H3,(H2,18,19,21,22)/b20-12+. The van der Waals surface area contributed by atoms with Crippen LogP contribution in [-0.2, 0) is 0 Å². The quantitative estimate of drug-likeness (QED) is 0.561. The molecule has 0 spiro atoms. The van der Waals surface area contributed by atoms with Crippen LogP contribution in [0.5, 0.6) is 0 Å². The highest BCUT2D eigenvalue weighted by molar-refractivity contribution is 7.22. The van der Waals surface area contributed by atoms with E-state index >= 15 is 0 Å². The van der Waals surface area contributed by atoms with Crippen LogP contribution in [0.1, 0.15) is 18.1 Å². The number of urea groups is 1. The molecule has 2 aromatic carbocycles. The SMILES string of the molecule is C/C(=N\NC(=O)Nc1nc2ccc(C)cc2s1)c1ccccc1. The molecule has 0 aliphatic carbocycles. The number of nitrogens with zero attached hydrogens (tertiary/aromatic N) is 2. The number of hydrogen-bond donors (Lipinski definition) is 2. The number of carbonyl (C=O) groups is 1. The summed E-state index contributed by atoms with van der Waals surface area (Å²) < 4.78 is 1.05. The number of hydrazone groups is 1. The van der Waals surface area contributed by atoms with E-state index in [1.54, 1.807) is 0 Å². The maximum atomic E-state index is 11.9. The molecule has 1 aromatic heterocycles. The van der Waals surface area contributed by atoms with Gasteiger partial charge in [0.05, 0.1) is 15.9 Å². The fourth-order valence-electron chi connectivity index (χ4n) is 2.09. The Morgan fingerprint density at radius 2 is 1.96 bits per heavy atom. The van der Waals surface area contributed by atoms with Gasteiger partial charge in [-0.25, -0.2) is 15.2 Å². The molecule has 6 heteroatoms. The largest absolute Gasteiger partial charge is 0.341 e. The number of aryl methyl sites for hydroxylation is 1. The smallest absolute Gasteiger partial charge is 0.282 e. The molecule has 0 saturated carbocycles. The van der Waals surface area contributed by atoms with Crippen LogP contribution in [0.2, 0.25) is 0 Å². The van der Waals surface area contributed by atoms with Gasteiger partial charge in [-0.2, -0.15) is 5.10 Å². The lowest BCUT2D eigenvalue weighted by molar-refractivity contribution is 0.252. The van der Waals surface area contributed by atoms with Crippen LogP contribution in [-0.4, -0.2) is 16.7 Å². The van der Waals surface area contributed by atoms with Crippen molar-refractivity contribution in [3.05, 3.63) is 59.7 Å². The second-order valence-corrected chi connectivity index (χ2v) is 6.15. The molecule has 0 bridgehead atoms. The number of fused-ring (bicyclic) bond motifs is 1. The Labute approximate surface area is 138 Å². The summed E-state index contributed by atoms with van der Waals surface area (Å²) in [6, 6.07) is 15.3. The van der Waals surface area contributed by atoms with Crippen molar-refractivity contribution >= 4 is 38.4 Å². The average Bonchev–Trinajstić information content (AvgIpc) is 2.94. The van der Waals surface area contributed by atoms with Crippen LogP contribution in [0, 0.1) is 6.92 Å². The van der Waals surface area contributed by atoms with Crippen molar-refractivity contribution in [1.29, 1.82) is 0 Å². The van der Waals surface area contributed by atoms with Crippen molar-refractivity contribution < 1.29 is 4.79 Å². The van der Waals surface area contributed by atoms with Crippen LogP contribution in [0.15, 0.2) is 53.6 Å². The predicted octanol–water partition coefficient (Wildman–Crippen LogP) is 4.15. The summed E-state index contributed by atoms with van der Waals surface area (Å²) >= 11 is 1.44. The van der Waals surface area contributed by atoms with E-state index in [4.69, 9.17) is 0 Å². The van der Waals surface area contributed by atoms with Crippen molar-refractivity contribution in [3.8, 4) is 0 Å². The highest BCUT2D eigenvalue weighted by Gasteiger charge is 2.07. The Bertz CT molecular complexity index is 871. The third-order valence-electron chi connectivity index (χ3n) is 3.28. The topological polar surface area (TPSA) is 66.4 Å². The zero-order valence-electron chi connectivity index (χ0n) is 12.8. The minimum absolute atomic E-state index is 0.406. The molecular formula is C17H16N4OS. The van der Waals surface area contributed by atoms with Gasteiger partial charge >= 0.3 is 6.03 Å². The summed E-state index contributed by atoms with van der Waals surface area (Å²) in [6.07, 6.45) is 0. The highest BCUT2D eigenvalue weighted by atomic mass is 32.1. The lowest BCUT2D eigenvalue weighted by atomic mass is 10.1. The van der Waals surface area contributed by atoms with Crippen LogP contribution in [0.3, 0.4) is 0 Å². The molecule has 2 N–H and O–H groups in total. The summed E-state index contributed by atoms with van der Waals surface area (Å²) in [6.45, 7) is 3.87. The lowest BCUT2D eigenvalue weighted by Crippen LogP contribution is -2.25. The summed E-state index contributed by atoms with van der Waals surface area (Å²) in [5, 5.41) is 7.35. The number of rotatable bonds is 3. The van der Waals surface area contributed by atoms with Gasteiger partial charge in [0, 0.05) is 0 Å². The van der Waals surface area contributed by atoms with Gasteiger partial charge in [0.1, 0.15) is 0 Å². The average molecular weight is 324 g/mol. The van der Waals surface area contributed by atoms with E-state index in [1.165, 1.54) is 16.9 Å². The number of anilines is 1. The maximum Gasteiger partial charge on any atom is 0.341 e. The minimum Gasteiger partial charge on any atom is -0.282 e. The zero-order chi connectivity index (χ0) is 16.2. The van der Waals surface area contributed by atoms with Crippen LogP contribution >= 0.6 is 11.3 Å². The second-order valence-electron chi connectivity index (χ2n) is 5.12. The Morgan fingerprint density at radius 1 is 1.17 bits per heavy atom. The monoisotopic (exact) mass is 324 g/mol. The first kappa shape index (κ1) is 15.2. The summed E-state index contributed by atoms with van der Waals surface area (Å²) in [7, 11) is 0. The molecule has 1 heterocycles. The first-order chi connectivity index (χ1) is 11.1. The third-order valence-corrected chi connectivity index (χ3v) is 4.21. The molecule has 0 unspecified atom stereocenters. The molecule has 2 amide bonds. The fourth-order valence-corrected chi connectivity index (χ4v) is 3.05. The third kappa shape index (κ3) is 3.73. The number of thiazole rings is 1. The number of aromatic nitrogens is 1. The number of amides is 2. The van der Waals surface area contributed by atoms with Gasteiger partial charge in [0.15, 0.2) is 5.13 Å². The van der Waals surface area contributed by atoms with Gasteiger partial charge in [-0.05, 0) is 37.1 Å². The van der Waals surface area contributed by atoms with Crippen molar-refractivity contribution in [2.24, 2.45) is 5.10 Å². The molecule has 0 saturated heterocycles. The Kier molecular flexibility index (Phi) is 4.34. The fraction of sp³-hybridized carbons (Fsp3) is 0.118. The van der Waals surface area contributed by atoms with Gasteiger partial charge in [-0.15, -0.1) is 0 Å². The van der Waals surface area contributed by atoms with Crippen LogP contribution in [0.4, 0.5) is 9.93 Å². The first-order valence-corrected chi connectivity index (χ1v) is 7.97. The number of benzene rings is 2. The lowest BCUT2D eigenvalue weighted by Gasteiger charge is -2.02. The molecule has 0 radical (unpaired) electrons. The summed E-state index contributed by atoms with van der Waals surface area (Å²) in [5.41, 5.74) is 6.23. The molecule has 0 aliphatic heterocycles. The van der Waals surface area contributed by atoms with E-state index in [-0.39, 0.29) is 0 Å². The molecule has 5 nitrogen and oxygen atoms in total. The molecule has 116 valence electrons. The first-order valence-electron chi connectivity index (χ1n) is 7.16. The van der Waals surface area contributed by atoms with Gasteiger partial charge in [-0.1, -0.05) is 47.7 Å². The molecule has 3 aromatic rings. The minimum atomic E-state index is -0.406. The van der Waals surface area contributed by atoms with E-state index in [9.17, 15) is 4.79 Å². The predicted molar refractivity (Wildman–Crippen MR) is 95.2 cm³/mol. The van der Waals surface area contributed by atoms with E-state index < -0.39 is 6.03 Å². The molecular weight excluding hydrogens is 308 g/mol. The Hall–Kier alpha value is -2.73. The highest BCUT2D eigenvalue weighted by Crippen LogP contribution is 2.26. The van der Waals surface area contributed by atoms with Gasteiger partial charge in [0.2, 0.25) is 0 Å². The normalized spacial score (nSPS) is 11.5. The number of carbonyl (C=O) groups excluding carboxylic acids is 1. The van der Waals surface area contributed by atoms with Crippen molar-refractivity contribution in [1.82, 2.24) is 10.4 Å². The van der Waals surface area contributed by atoms with Gasteiger partial charge in [-0.3, -0.25) is 5.32 Å². The van der Waals surface area contributed by atoms with Crippen molar-refractivity contribution in [3.63, 3.8) is 0 Å². The van der Waals surface area contributed by atoms with E-state index in [1.807, 2.05) is 62.4 Å². The number of nitrogens with one attached hydrogen (secondary N) is 2. The molecule has 0 atom stereocenters. The van der Waals surface area contributed by atoms with Crippen molar-refractivity contribution in [2.45, 2.75) is 13.8 Å². The molecule has 3 rings (SSSR count). The molecule has 0 aliphatic rings. The van der Waals surface area contributed by atoms with Crippen LogP contribution in [0.25, 0.3) is 10.2 Å². The molecule has 0 fully saturated rings. The maximum absolute atomic E-state index is 11.9. The second kappa shape index (κ2) is 6.58. The number of hydrogen-bond acceptors (Lipinski definition) is 4. The Morgan fingerprint density at radius 3 is 2.74 bits per heavy atom. The van der Waals surface area contributed by atoms with Gasteiger partial charge in [0.25, 0.3) is 0 Å². The Balaban J connectivity index is 1.66. The summed E-state index contributed by atoms with van der Waals surface area (Å²) in [5.74, 6) is 0. The van der Waals surface area contributed by atoms with E-state index in [0.717, 1.165) is 21.5 Å². The summed E-state index contributed by atoms with van der Waals surface area (Å²) in [4.78, 5) is 16.3. The van der Waals surface area contributed by atoms with E-state index in [0.29, 0.717) is 5.13 Å². The van der Waals surface area contributed by atoms with Gasteiger partial charge < -0.3 is 0 Å². The zero-order valence-corrected chi connectivity index (χ0v) is 13.6. The van der Waals surface area contributed by atoms with Crippen molar-refractivity contribution in [2.75, 3.05) is 5.32 Å².